The molecule has 0 spiro atoms. The van der Waals surface area contributed by atoms with Crippen LogP contribution in [0.25, 0.3) is 0 Å². The molecule has 0 radical (unpaired) electrons. The van der Waals surface area contributed by atoms with E-state index in [4.69, 9.17) is 25.8 Å². The van der Waals surface area contributed by atoms with Gasteiger partial charge in [0.1, 0.15) is 0 Å². The zero-order chi connectivity index (χ0) is 22.1. The van der Waals surface area contributed by atoms with Gasteiger partial charge in [0.05, 0.1) is 36.5 Å². The minimum Gasteiger partial charge on any atom is -0.490 e. The van der Waals surface area contributed by atoms with Crippen LogP contribution < -0.4 is 20.1 Å². The van der Waals surface area contributed by atoms with Crippen LogP contribution in [0.2, 0.25) is 5.02 Å². The number of allylic oxidation sites excluding steroid dienone is 1. The van der Waals surface area contributed by atoms with Crippen molar-refractivity contribution >= 4 is 23.6 Å². The zero-order valence-electron chi connectivity index (χ0n) is 18.1. The van der Waals surface area contributed by atoms with Crippen molar-refractivity contribution in [2.24, 2.45) is 0 Å². The average molecular weight is 439 g/mol. The zero-order valence-corrected chi connectivity index (χ0v) is 18.9. The molecular formula is C22H31ClN2O5. The van der Waals surface area contributed by atoms with E-state index in [-0.39, 0.29) is 12.6 Å². The number of halogens is 1. The van der Waals surface area contributed by atoms with E-state index >= 15 is 0 Å². The van der Waals surface area contributed by atoms with E-state index in [2.05, 4.69) is 10.6 Å². The molecular weight excluding hydrogens is 408 g/mol. The standard InChI is InChI=1S/C22H31ClN2O5/c1-5-9-10-16-18(21(26)29-8-4)19(25-22(27)24-16)14-12-15(23)20(30-11-6-2)17(13-14)28-7-3/h12-13,19H,5-11H2,1-4H3,(H2,24,25,27). The number of hydrogen-bond acceptors (Lipinski definition) is 5. The van der Waals surface area contributed by atoms with Crippen LogP contribution in [0, 0.1) is 0 Å². The molecule has 166 valence electrons. The maximum Gasteiger partial charge on any atom is 0.338 e. The molecule has 1 atom stereocenters. The quantitative estimate of drug-likeness (QED) is 0.480. The first kappa shape index (κ1) is 23.9. The smallest absolute Gasteiger partial charge is 0.338 e. The summed E-state index contributed by atoms with van der Waals surface area (Å²) in [6, 6.07) is 2.37. The molecule has 30 heavy (non-hydrogen) atoms. The van der Waals surface area contributed by atoms with Gasteiger partial charge in [-0.25, -0.2) is 9.59 Å². The number of carbonyl (C=O) groups is 2. The molecule has 0 aliphatic carbocycles. The van der Waals surface area contributed by atoms with Crippen LogP contribution in [0.5, 0.6) is 11.5 Å². The fourth-order valence-electron chi connectivity index (χ4n) is 3.23. The van der Waals surface area contributed by atoms with Gasteiger partial charge in [-0.15, -0.1) is 0 Å². The first-order chi connectivity index (χ1) is 14.5. The van der Waals surface area contributed by atoms with Gasteiger partial charge in [0.15, 0.2) is 11.5 Å². The topological polar surface area (TPSA) is 85.9 Å². The van der Waals surface area contributed by atoms with Crippen LogP contribution in [-0.2, 0) is 9.53 Å². The van der Waals surface area contributed by atoms with Crippen LogP contribution in [-0.4, -0.2) is 31.8 Å². The van der Waals surface area contributed by atoms with Crippen molar-refractivity contribution in [1.82, 2.24) is 10.6 Å². The monoisotopic (exact) mass is 438 g/mol. The van der Waals surface area contributed by atoms with Crippen LogP contribution >= 0.6 is 11.6 Å². The molecule has 0 saturated heterocycles. The summed E-state index contributed by atoms with van der Waals surface area (Å²) in [6.07, 6.45) is 3.15. The normalized spacial score (nSPS) is 16.0. The van der Waals surface area contributed by atoms with Gasteiger partial charge in [0, 0.05) is 5.70 Å². The van der Waals surface area contributed by atoms with Crippen molar-refractivity contribution in [3.63, 3.8) is 0 Å². The summed E-state index contributed by atoms with van der Waals surface area (Å²) in [6.45, 7) is 8.82. The highest BCUT2D eigenvalue weighted by Gasteiger charge is 2.34. The molecule has 2 rings (SSSR count). The number of nitrogens with one attached hydrogen (secondary N) is 2. The highest BCUT2D eigenvalue weighted by Crippen LogP contribution is 2.40. The Balaban J connectivity index is 2.56. The summed E-state index contributed by atoms with van der Waals surface area (Å²) in [5.41, 5.74) is 1.58. The van der Waals surface area contributed by atoms with E-state index in [1.165, 1.54) is 0 Å². The third-order valence-electron chi connectivity index (χ3n) is 4.54. The summed E-state index contributed by atoms with van der Waals surface area (Å²) >= 11 is 6.50. The molecule has 1 unspecified atom stereocenters. The highest BCUT2D eigenvalue weighted by atomic mass is 35.5. The summed E-state index contributed by atoms with van der Waals surface area (Å²) < 4.78 is 16.8. The maximum atomic E-state index is 12.8. The van der Waals surface area contributed by atoms with Crippen molar-refractivity contribution in [1.29, 1.82) is 0 Å². The second-order valence-corrected chi connectivity index (χ2v) is 7.27. The number of amides is 2. The molecule has 8 heteroatoms. The summed E-state index contributed by atoms with van der Waals surface area (Å²) in [5.74, 6) is 0.457. The number of ether oxygens (including phenoxy) is 3. The van der Waals surface area contributed by atoms with Crippen molar-refractivity contribution < 1.29 is 23.8 Å². The SMILES string of the molecule is CCCCC1=C(C(=O)OCC)C(c2cc(Cl)c(OCCC)c(OCC)c2)NC(=O)N1. The van der Waals surface area contributed by atoms with Gasteiger partial charge in [0.2, 0.25) is 0 Å². The van der Waals surface area contributed by atoms with Crippen LogP contribution in [0.3, 0.4) is 0 Å². The number of hydrogen-bond donors (Lipinski definition) is 2. The van der Waals surface area contributed by atoms with Crippen LogP contribution in [0.1, 0.15) is 65.0 Å². The second kappa shape index (κ2) is 11.7. The molecule has 1 aliphatic rings. The molecule has 2 amide bonds. The Morgan fingerprint density at radius 3 is 2.50 bits per heavy atom. The lowest BCUT2D eigenvalue weighted by Crippen LogP contribution is -2.46. The largest absolute Gasteiger partial charge is 0.490 e. The molecule has 1 aromatic carbocycles. The van der Waals surface area contributed by atoms with Gasteiger partial charge in [-0.05, 0) is 50.8 Å². The molecule has 7 nitrogen and oxygen atoms in total. The Morgan fingerprint density at radius 1 is 1.10 bits per heavy atom. The van der Waals surface area contributed by atoms with Crippen LogP contribution in [0.15, 0.2) is 23.4 Å². The number of unbranched alkanes of at least 4 members (excludes halogenated alkanes) is 1. The lowest BCUT2D eigenvalue weighted by molar-refractivity contribution is -0.139. The van der Waals surface area contributed by atoms with Gasteiger partial charge in [-0.3, -0.25) is 0 Å². The predicted molar refractivity (Wildman–Crippen MR) is 116 cm³/mol. The Hall–Kier alpha value is -2.41. The van der Waals surface area contributed by atoms with Gasteiger partial charge in [-0.1, -0.05) is 31.9 Å². The summed E-state index contributed by atoms with van der Waals surface area (Å²) in [5, 5.41) is 5.95. The first-order valence-electron chi connectivity index (χ1n) is 10.5. The number of carbonyl (C=O) groups excluding carboxylic acids is 2. The Kier molecular flexibility index (Phi) is 9.30. The molecule has 1 heterocycles. The third kappa shape index (κ3) is 5.81. The second-order valence-electron chi connectivity index (χ2n) is 6.86. The minimum atomic E-state index is -0.707. The van der Waals surface area contributed by atoms with Crippen LogP contribution in [0.4, 0.5) is 4.79 Å². The molecule has 0 bridgehead atoms. The van der Waals surface area contributed by atoms with E-state index in [0.717, 1.165) is 19.3 Å². The Bertz CT molecular complexity index is 794. The van der Waals surface area contributed by atoms with Gasteiger partial charge in [0.25, 0.3) is 0 Å². The first-order valence-corrected chi connectivity index (χ1v) is 10.9. The number of rotatable bonds is 11. The summed E-state index contributed by atoms with van der Waals surface area (Å²) in [7, 11) is 0. The molecule has 1 aromatic rings. The van der Waals surface area contributed by atoms with E-state index in [1.807, 2.05) is 20.8 Å². The number of urea groups is 1. The van der Waals surface area contributed by atoms with E-state index in [1.54, 1.807) is 19.1 Å². The van der Waals surface area contributed by atoms with Gasteiger partial charge in [-0.2, -0.15) is 0 Å². The Morgan fingerprint density at radius 2 is 1.87 bits per heavy atom. The number of esters is 1. The third-order valence-corrected chi connectivity index (χ3v) is 4.83. The molecule has 2 N–H and O–H groups in total. The highest BCUT2D eigenvalue weighted by molar-refractivity contribution is 6.32. The van der Waals surface area contributed by atoms with Crippen molar-refractivity contribution in [2.45, 2.75) is 59.4 Å². The van der Waals surface area contributed by atoms with E-state index in [0.29, 0.717) is 53.0 Å². The van der Waals surface area contributed by atoms with E-state index < -0.39 is 12.0 Å². The molecule has 0 saturated carbocycles. The predicted octanol–water partition coefficient (Wildman–Crippen LogP) is 4.89. The van der Waals surface area contributed by atoms with Crippen molar-refractivity contribution in [3.8, 4) is 11.5 Å². The fraction of sp³-hybridized carbons (Fsp3) is 0.545. The average Bonchev–Trinajstić information content (AvgIpc) is 2.71. The number of benzene rings is 1. The van der Waals surface area contributed by atoms with Gasteiger partial charge < -0.3 is 24.8 Å². The molecule has 0 aromatic heterocycles. The fourth-order valence-corrected chi connectivity index (χ4v) is 3.50. The lowest BCUT2D eigenvalue weighted by Gasteiger charge is -2.30. The lowest BCUT2D eigenvalue weighted by atomic mass is 9.93. The molecule has 1 aliphatic heterocycles. The van der Waals surface area contributed by atoms with Crippen molar-refractivity contribution in [3.05, 3.63) is 34.0 Å². The minimum absolute atomic E-state index is 0.235. The Labute approximate surface area is 183 Å². The molecule has 0 fully saturated rings. The maximum absolute atomic E-state index is 12.8. The van der Waals surface area contributed by atoms with E-state index in [9.17, 15) is 9.59 Å². The van der Waals surface area contributed by atoms with Crippen molar-refractivity contribution in [2.75, 3.05) is 19.8 Å². The van der Waals surface area contributed by atoms with Gasteiger partial charge >= 0.3 is 12.0 Å². The summed E-state index contributed by atoms with van der Waals surface area (Å²) in [4.78, 5) is 25.2.